The monoisotopic (exact) mass is 444 g/mol. The molecule has 1 aromatic heterocycles. The highest BCUT2D eigenvalue weighted by molar-refractivity contribution is 7.99. The van der Waals surface area contributed by atoms with Crippen LogP contribution in [0.2, 0.25) is 0 Å². The lowest BCUT2D eigenvalue weighted by Gasteiger charge is -2.25. The lowest BCUT2D eigenvalue weighted by molar-refractivity contribution is 0.346. The van der Waals surface area contributed by atoms with Crippen LogP contribution < -0.4 is 0 Å². The van der Waals surface area contributed by atoms with Gasteiger partial charge in [-0.2, -0.15) is 9.57 Å². The number of aromatic nitrogens is 2. The minimum absolute atomic E-state index is 0.100. The quantitative estimate of drug-likeness (QED) is 0.585. The van der Waals surface area contributed by atoms with Crippen molar-refractivity contribution in [2.45, 2.75) is 34.3 Å². The Hall–Kier alpha value is -2.74. The highest BCUT2D eigenvalue weighted by atomic mass is 32.2. The van der Waals surface area contributed by atoms with E-state index in [4.69, 9.17) is 9.68 Å². The van der Waals surface area contributed by atoms with Crippen molar-refractivity contribution in [2.75, 3.05) is 13.1 Å². The molecule has 0 atom stereocenters. The molecule has 2 aromatic carbocycles. The molecule has 0 radical (unpaired) electrons. The van der Waals surface area contributed by atoms with E-state index in [0.717, 1.165) is 31.0 Å². The molecule has 30 heavy (non-hydrogen) atoms. The van der Waals surface area contributed by atoms with Gasteiger partial charge in [0.15, 0.2) is 0 Å². The summed E-state index contributed by atoms with van der Waals surface area (Å²) in [4.78, 5) is 0.528. The topological polar surface area (TPSA) is 100 Å². The van der Waals surface area contributed by atoms with E-state index in [1.54, 1.807) is 24.3 Å². The molecular weight excluding hydrogens is 427 g/mol. The highest BCUT2D eigenvalue weighted by Crippen LogP contribution is 2.33. The average Bonchev–Trinajstić information content (AvgIpc) is 3.23. The molecule has 0 spiro atoms. The number of piperidine rings is 1. The van der Waals surface area contributed by atoms with Gasteiger partial charge in [0, 0.05) is 23.5 Å². The van der Waals surface area contributed by atoms with Gasteiger partial charge in [-0.3, -0.25) is 0 Å². The first-order chi connectivity index (χ1) is 14.5. The largest absolute Gasteiger partial charge is 0.411 e. The number of sulfonamides is 1. The molecule has 1 aliphatic heterocycles. The fourth-order valence-electron chi connectivity index (χ4n) is 3.20. The first-order valence-electron chi connectivity index (χ1n) is 9.29. The van der Waals surface area contributed by atoms with Crippen molar-refractivity contribution in [3.05, 3.63) is 53.8 Å². The van der Waals surface area contributed by atoms with E-state index < -0.39 is 15.8 Å². The average molecular weight is 445 g/mol. The number of rotatable bonds is 5. The number of halogens is 1. The summed E-state index contributed by atoms with van der Waals surface area (Å²) in [6.45, 7) is 1.03. The van der Waals surface area contributed by atoms with E-state index >= 15 is 0 Å². The third kappa shape index (κ3) is 4.09. The number of hydrogen-bond donors (Lipinski definition) is 0. The van der Waals surface area contributed by atoms with Gasteiger partial charge in [0.1, 0.15) is 17.4 Å². The number of benzene rings is 2. The molecule has 2 heterocycles. The Balaban J connectivity index is 1.59. The zero-order valence-corrected chi connectivity index (χ0v) is 17.4. The molecule has 154 valence electrons. The van der Waals surface area contributed by atoms with E-state index in [0.29, 0.717) is 23.5 Å². The van der Waals surface area contributed by atoms with Crippen LogP contribution >= 0.6 is 11.8 Å². The van der Waals surface area contributed by atoms with Crippen molar-refractivity contribution < 1.29 is 17.2 Å². The first-order valence-corrected chi connectivity index (χ1v) is 11.6. The van der Waals surface area contributed by atoms with Crippen LogP contribution in [-0.2, 0) is 10.0 Å². The fraction of sp³-hybridized carbons (Fsp3) is 0.250. The van der Waals surface area contributed by atoms with Gasteiger partial charge in [-0.1, -0.05) is 18.6 Å². The van der Waals surface area contributed by atoms with E-state index in [9.17, 15) is 12.8 Å². The van der Waals surface area contributed by atoms with Gasteiger partial charge in [-0.05, 0) is 54.9 Å². The molecule has 0 unspecified atom stereocenters. The van der Waals surface area contributed by atoms with E-state index in [-0.39, 0.29) is 21.6 Å². The summed E-state index contributed by atoms with van der Waals surface area (Å²) in [7, 11) is -3.59. The lowest BCUT2D eigenvalue weighted by atomic mass is 10.2. The zero-order chi connectivity index (χ0) is 21.1. The Morgan fingerprint density at radius 2 is 1.87 bits per heavy atom. The SMILES string of the molecule is N#Cc1c(F)cccc1Sc1nnc(-c2cccc(S(=O)(=O)N3CCCCC3)c2)o1. The Kier molecular flexibility index (Phi) is 5.85. The van der Waals surface area contributed by atoms with Crippen molar-refractivity contribution in [2.24, 2.45) is 0 Å². The molecule has 1 fully saturated rings. The van der Waals surface area contributed by atoms with Gasteiger partial charge < -0.3 is 4.42 Å². The minimum atomic E-state index is -3.59. The zero-order valence-electron chi connectivity index (χ0n) is 15.8. The van der Waals surface area contributed by atoms with Crippen LogP contribution in [0.1, 0.15) is 24.8 Å². The normalized spacial score (nSPS) is 15.1. The molecule has 3 aromatic rings. The predicted molar refractivity (Wildman–Crippen MR) is 108 cm³/mol. The number of nitrogens with zero attached hydrogens (tertiary/aromatic N) is 4. The Morgan fingerprint density at radius 3 is 2.63 bits per heavy atom. The third-order valence-corrected chi connectivity index (χ3v) is 7.52. The fourth-order valence-corrected chi connectivity index (χ4v) is 5.55. The standard InChI is InChI=1S/C20H17FN4O3S2/c21-17-8-5-9-18(16(17)13-22)29-20-24-23-19(28-20)14-6-4-7-15(12-14)30(26,27)25-10-2-1-3-11-25/h4-9,12H,1-3,10-11H2. The van der Waals surface area contributed by atoms with E-state index in [1.807, 2.05) is 6.07 Å². The summed E-state index contributed by atoms with van der Waals surface area (Å²) < 4.78 is 46.7. The molecule has 0 aliphatic carbocycles. The Labute approximate surface area is 177 Å². The van der Waals surface area contributed by atoms with Crippen molar-refractivity contribution in [1.82, 2.24) is 14.5 Å². The van der Waals surface area contributed by atoms with E-state index in [1.165, 1.54) is 22.5 Å². The van der Waals surface area contributed by atoms with E-state index in [2.05, 4.69) is 10.2 Å². The number of hydrogen-bond acceptors (Lipinski definition) is 7. The van der Waals surface area contributed by atoms with Crippen LogP contribution in [0.5, 0.6) is 0 Å². The molecule has 0 saturated carbocycles. The summed E-state index contributed by atoms with van der Waals surface area (Å²) in [6.07, 6.45) is 2.75. The Bertz CT molecular complexity index is 1210. The van der Waals surface area contributed by atoms with Crippen LogP contribution in [0, 0.1) is 17.1 Å². The van der Waals surface area contributed by atoms with Crippen molar-refractivity contribution in [3.63, 3.8) is 0 Å². The van der Waals surface area contributed by atoms with Crippen molar-refractivity contribution in [3.8, 4) is 17.5 Å². The molecule has 0 amide bonds. The highest BCUT2D eigenvalue weighted by Gasteiger charge is 2.26. The summed E-state index contributed by atoms with van der Waals surface area (Å²) >= 11 is 0.972. The molecule has 1 saturated heterocycles. The van der Waals surface area contributed by atoms with Crippen LogP contribution in [0.25, 0.3) is 11.5 Å². The van der Waals surface area contributed by atoms with Gasteiger partial charge >= 0.3 is 0 Å². The molecule has 10 heteroatoms. The molecule has 0 N–H and O–H groups in total. The molecule has 0 bridgehead atoms. The third-order valence-electron chi connectivity index (χ3n) is 4.72. The minimum Gasteiger partial charge on any atom is -0.411 e. The van der Waals surface area contributed by atoms with Gasteiger partial charge in [-0.15, -0.1) is 10.2 Å². The first kappa shape index (κ1) is 20.5. The number of nitriles is 1. The summed E-state index contributed by atoms with van der Waals surface area (Å²) in [5, 5.41) is 17.2. The lowest BCUT2D eigenvalue weighted by Crippen LogP contribution is -2.35. The summed E-state index contributed by atoms with van der Waals surface area (Å²) in [5.41, 5.74) is 0.365. The summed E-state index contributed by atoms with van der Waals surface area (Å²) in [6, 6.07) is 12.5. The van der Waals surface area contributed by atoms with Gasteiger partial charge in [0.05, 0.1) is 4.90 Å². The van der Waals surface area contributed by atoms with Crippen molar-refractivity contribution in [1.29, 1.82) is 5.26 Å². The Morgan fingerprint density at radius 1 is 1.10 bits per heavy atom. The summed E-state index contributed by atoms with van der Waals surface area (Å²) in [5.74, 6) is -0.485. The second kappa shape index (κ2) is 8.55. The maximum absolute atomic E-state index is 13.8. The molecule has 1 aliphatic rings. The maximum atomic E-state index is 13.8. The second-order valence-electron chi connectivity index (χ2n) is 6.69. The second-order valence-corrected chi connectivity index (χ2v) is 9.62. The van der Waals surface area contributed by atoms with Crippen LogP contribution in [0.3, 0.4) is 0 Å². The van der Waals surface area contributed by atoms with Gasteiger partial charge in [0.25, 0.3) is 5.22 Å². The maximum Gasteiger partial charge on any atom is 0.281 e. The molecule has 7 nitrogen and oxygen atoms in total. The van der Waals surface area contributed by atoms with Crippen molar-refractivity contribution >= 4 is 21.8 Å². The van der Waals surface area contributed by atoms with Crippen LogP contribution in [0.15, 0.2) is 61.9 Å². The van der Waals surface area contributed by atoms with Gasteiger partial charge in [-0.25, -0.2) is 12.8 Å². The molecular formula is C20H17FN4O3S2. The van der Waals surface area contributed by atoms with Crippen LogP contribution in [-0.4, -0.2) is 36.0 Å². The van der Waals surface area contributed by atoms with Crippen LogP contribution in [0.4, 0.5) is 4.39 Å². The van der Waals surface area contributed by atoms with Gasteiger partial charge in [0.2, 0.25) is 15.9 Å². The predicted octanol–water partition coefficient (Wildman–Crippen LogP) is 4.07. The molecule has 4 rings (SSSR count). The smallest absolute Gasteiger partial charge is 0.281 e.